The quantitative estimate of drug-likeness (QED) is 0.904. The molecule has 2 aromatic rings. The van der Waals surface area contributed by atoms with E-state index in [1.165, 1.54) is 0 Å². The molecule has 0 aliphatic rings. The third-order valence-corrected chi connectivity index (χ3v) is 2.75. The topological polar surface area (TPSA) is 45.1 Å². The van der Waals surface area contributed by atoms with Crippen LogP contribution in [0.25, 0.3) is 0 Å². The minimum atomic E-state index is -4.41. The number of alkyl halides is 3. The smallest absolute Gasteiger partial charge is 0.387 e. The first-order valence-corrected chi connectivity index (χ1v) is 5.97. The number of aliphatic hydroxyl groups is 1. The average Bonchev–Trinajstić information content (AvgIpc) is 2.45. The Morgan fingerprint density at radius 2 is 1.85 bits per heavy atom. The van der Waals surface area contributed by atoms with E-state index in [1.54, 1.807) is 24.3 Å². The Hall–Kier alpha value is -2.08. The van der Waals surface area contributed by atoms with Crippen molar-refractivity contribution in [2.75, 3.05) is 11.9 Å². The molecule has 106 valence electrons. The van der Waals surface area contributed by atoms with E-state index in [0.717, 1.165) is 18.3 Å². The van der Waals surface area contributed by atoms with Crippen LogP contribution in [-0.4, -0.2) is 16.6 Å². The lowest BCUT2D eigenvalue weighted by Gasteiger charge is -2.13. The maximum atomic E-state index is 12.5. The lowest BCUT2D eigenvalue weighted by Crippen LogP contribution is -2.14. The highest BCUT2D eigenvalue weighted by Crippen LogP contribution is 2.29. The van der Waals surface area contributed by atoms with Gasteiger partial charge in [-0.1, -0.05) is 30.3 Å². The van der Waals surface area contributed by atoms with E-state index in [1.807, 2.05) is 6.07 Å². The summed E-state index contributed by atoms with van der Waals surface area (Å²) in [7, 11) is 0. The van der Waals surface area contributed by atoms with Crippen LogP contribution >= 0.6 is 0 Å². The zero-order chi connectivity index (χ0) is 14.6. The molecule has 0 fully saturated rings. The lowest BCUT2D eigenvalue weighted by molar-refractivity contribution is -0.137. The fourth-order valence-corrected chi connectivity index (χ4v) is 1.70. The molecule has 0 bridgehead atoms. The lowest BCUT2D eigenvalue weighted by atomic mass is 10.1. The van der Waals surface area contributed by atoms with Crippen molar-refractivity contribution in [2.45, 2.75) is 12.3 Å². The number of nitrogens with one attached hydrogen (secondary N) is 1. The van der Waals surface area contributed by atoms with Crippen LogP contribution in [0.15, 0.2) is 48.7 Å². The number of hydrogen-bond acceptors (Lipinski definition) is 3. The van der Waals surface area contributed by atoms with Crippen LogP contribution in [-0.2, 0) is 6.18 Å². The third-order valence-electron chi connectivity index (χ3n) is 2.75. The van der Waals surface area contributed by atoms with Crippen molar-refractivity contribution in [3.05, 3.63) is 59.8 Å². The molecule has 0 radical (unpaired) electrons. The molecule has 0 aliphatic carbocycles. The molecule has 0 spiro atoms. The summed E-state index contributed by atoms with van der Waals surface area (Å²) < 4.78 is 37.6. The van der Waals surface area contributed by atoms with Crippen molar-refractivity contribution in [3.8, 4) is 0 Å². The Morgan fingerprint density at radius 3 is 2.50 bits per heavy atom. The maximum absolute atomic E-state index is 12.5. The summed E-state index contributed by atoms with van der Waals surface area (Å²) in [5, 5.41) is 12.6. The number of pyridine rings is 1. The van der Waals surface area contributed by atoms with Crippen molar-refractivity contribution >= 4 is 5.82 Å². The average molecular weight is 282 g/mol. The molecular formula is C14H13F3N2O. The van der Waals surface area contributed by atoms with Gasteiger partial charge in [0.15, 0.2) is 0 Å². The number of rotatable bonds is 4. The van der Waals surface area contributed by atoms with Crippen LogP contribution < -0.4 is 5.32 Å². The van der Waals surface area contributed by atoms with Crippen LogP contribution in [0, 0.1) is 0 Å². The molecule has 1 atom stereocenters. The van der Waals surface area contributed by atoms with Gasteiger partial charge in [-0.2, -0.15) is 13.2 Å². The maximum Gasteiger partial charge on any atom is 0.416 e. The Kier molecular flexibility index (Phi) is 4.24. The molecule has 2 N–H and O–H groups in total. The summed E-state index contributed by atoms with van der Waals surface area (Å²) in [6.45, 7) is 0.0817. The zero-order valence-electron chi connectivity index (χ0n) is 10.4. The summed E-state index contributed by atoms with van der Waals surface area (Å²) in [4.78, 5) is 3.80. The molecule has 1 aromatic carbocycles. The number of aliphatic hydroxyl groups excluding tert-OH is 1. The summed E-state index contributed by atoms with van der Waals surface area (Å²) in [6.07, 6.45) is -4.13. The van der Waals surface area contributed by atoms with E-state index in [2.05, 4.69) is 10.3 Å². The second kappa shape index (κ2) is 5.92. The first-order chi connectivity index (χ1) is 9.47. The number of benzene rings is 1. The molecule has 1 heterocycles. The Bertz CT molecular complexity index is 558. The highest BCUT2D eigenvalue weighted by atomic mass is 19.4. The number of halogens is 3. The van der Waals surface area contributed by atoms with Gasteiger partial charge in [0.25, 0.3) is 0 Å². The standard InChI is InChI=1S/C14H13F3N2O/c15-14(16,17)11-6-7-18-13(8-11)19-9-12(20)10-4-2-1-3-5-10/h1-8,12,20H,9H2,(H,18,19). The Labute approximate surface area is 114 Å². The molecule has 6 heteroatoms. The van der Waals surface area contributed by atoms with Crippen LogP contribution in [0.3, 0.4) is 0 Å². The molecule has 20 heavy (non-hydrogen) atoms. The predicted octanol–water partition coefficient (Wildman–Crippen LogP) is 3.25. The fraction of sp³-hybridized carbons (Fsp3) is 0.214. The fourth-order valence-electron chi connectivity index (χ4n) is 1.70. The SMILES string of the molecule is OC(CNc1cc(C(F)(F)F)ccn1)c1ccccc1. The molecule has 1 unspecified atom stereocenters. The van der Waals surface area contributed by atoms with Gasteiger partial charge in [0.05, 0.1) is 11.7 Å². The number of aromatic nitrogens is 1. The summed E-state index contributed by atoms with van der Waals surface area (Å²) in [6, 6.07) is 10.7. The largest absolute Gasteiger partial charge is 0.416 e. The number of anilines is 1. The number of hydrogen-bond donors (Lipinski definition) is 2. The molecule has 0 amide bonds. The first-order valence-electron chi connectivity index (χ1n) is 5.97. The van der Waals surface area contributed by atoms with E-state index in [0.29, 0.717) is 5.56 Å². The van der Waals surface area contributed by atoms with E-state index < -0.39 is 17.8 Å². The monoisotopic (exact) mass is 282 g/mol. The molecule has 2 rings (SSSR count). The summed E-state index contributed by atoms with van der Waals surface area (Å²) in [5.74, 6) is 0.0785. The predicted molar refractivity (Wildman–Crippen MR) is 69.1 cm³/mol. The molecule has 1 aromatic heterocycles. The molecule has 0 saturated carbocycles. The Balaban J connectivity index is 2.01. The van der Waals surface area contributed by atoms with E-state index >= 15 is 0 Å². The normalized spacial score (nSPS) is 13.0. The van der Waals surface area contributed by atoms with Crippen molar-refractivity contribution in [2.24, 2.45) is 0 Å². The van der Waals surface area contributed by atoms with Crippen LogP contribution in [0.1, 0.15) is 17.2 Å². The van der Waals surface area contributed by atoms with Gasteiger partial charge in [0.2, 0.25) is 0 Å². The van der Waals surface area contributed by atoms with Crippen molar-refractivity contribution < 1.29 is 18.3 Å². The minimum Gasteiger partial charge on any atom is -0.387 e. The Morgan fingerprint density at radius 1 is 1.15 bits per heavy atom. The zero-order valence-corrected chi connectivity index (χ0v) is 10.4. The number of nitrogens with zero attached hydrogens (tertiary/aromatic N) is 1. The molecule has 3 nitrogen and oxygen atoms in total. The highest BCUT2D eigenvalue weighted by molar-refractivity contribution is 5.39. The van der Waals surface area contributed by atoms with Gasteiger partial charge in [0.1, 0.15) is 5.82 Å². The summed E-state index contributed by atoms with van der Waals surface area (Å²) >= 11 is 0. The van der Waals surface area contributed by atoms with Crippen LogP contribution in [0.4, 0.5) is 19.0 Å². The van der Waals surface area contributed by atoms with Gasteiger partial charge in [-0.25, -0.2) is 4.98 Å². The van der Waals surface area contributed by atoms with Gasteiger partial charge in [0, 0.05) is 12.7 Å². The molecule has 0 saturated heterocycles. The van der Waals surface area contributed by atoms with Crippen molar-refractivity contribution in [3.63, 3.8) is 0 Å². The van der Waals surface area contributed by atoms with Gasteiger partial charge >= 0.3 is 6.18 Å². The third kappa shape index (κ3) is 3.71. The molecule has 0 aliphatic heterocycles. The first kappa shape index (κ1) is 14.3. The van der Waals surface area contributed by atoms with Gasteiger partial charge in [-0.05, 0) is 17.7 Å². The minimum absolute atomic E-state index is 0.0785. The highest BCUT2D eigenvalue weighted by Gasteiger charge is 2.30. The van der Waals surface area contributed by atoms with Crippen molar-refractivity contribution in [1.82, 2.24) is 4.98 Å². The summed E-state index contributed by atoms with van der Waals surface area (Å²) in [5.41, 5.74) is -0.0869. The second-order valence-corrected chi connectivity index (χ2v) is 4.23. The van der Waals surface area contributed by atoms with Gasteiger partial charge in [-0.15, -0.1) is 0 Å². The van der Waals surface area contributed by atoms with Gasteiger partial charge in [-0.3, -0.25) is 0 Å². The van der Waals surface area contributed by atoms with E-state index in [9.17, 15) is 18.3 Å². The van der Waals surface area contributed by atoms with E-state index in [-0.39, 0.29) is 12.4 Å². The van der Waals surface area contributed by atoms with Gasteiger partial charge < -0.3 is 10.4 Å². The second-order valence-electron chi connectivity index (χ2n) is 4.23. The van der Waals surface area contributed by atoms with E-state index in [4.69, 9.17) is 0 Å². The van der Waals surface area contributed by atoms with Crippen molar-refractivity contribution in [1.29, 1.82) is 0 Å². The van der Waals surface area contributed by atoms with Crippen LogP contribution in [0.2, 0.25) is 0 Å². The van der Waals surface area contributed by atoms with Crippen LogP contribution in [0.5, 0.6) is 0 Å². The molecular weight excluding hydrogens is 269 g/mol.